The van der Waals surface area contributed by atoms with Crippen molar-refractivity contribution in [3.05, 3.63) is 71.5 Å². The van der Waals surface area contributed by atoms with E-state index in [1.54, 1.807) is 13.0 Å². The molecule has 0 aromatic heterocycles. The smallest absolute Gasteiger partial charge is 0.290 e. The van der Waals surface area contributed by atoms with E-state index in [9.17, 15) is 14.3 Å². The van der Waals surface area contributed by atoms with Crippen LogP contribution in [0.25, 0.3) is 21.9 Å². The number of carboxylic acid groups (broad SMARTS) is 1. The number of aliphatic hydroxyl groups is 1. The molecule has 186 valence electrons. The molecule has 1 fully saturated rings. The highest BCUT2D eigenvalue weighted by atomic mass is 19.1. The van der Waals surface area contributed by atoms with Gasteiger partial charge in [0.25, 0.3) is 12.4 Å². The molecule has 1 aliphatic rings. The quantitative estimate of drug-likeness (QED) is 0.528. The largest absolute Gasteiger partial charge is 0.483 e. The number of piperidine rings is 1. The van der Waals surface area contributed by atoms with Crippen molar-refractivity contribution in [2.45, 2.75) is 19.8 Å². The zero-order valence-corrected chi connectivity index (χ0v) is 20.5. The molecule has 3 aromatic carbocycles. The van der Waals surface area contributed by atoms with Crippen molar-refractivity contribution >= 4 is 23.2 Å². The molecular formula is C28H33FN2O4. The van der Waals surface area contributed by atoms with Gasteiger partial charge in [0, 0.05) is 30.6 Å². The number of halogens is 1. The number of aryl methyl sites for hydroxylation is 1. The SMILES string of the molecule is Cc1cc(-c2cccc3cc(C(=O)N4CCC(CO)(CN(C)C)CC4)ccc23)ccc1F.O=CO. The van der Waals surface area contributed by atoms with Gasteiger partial charge in [0.15, 0.2) is 0 Å². The molecule has 0 atom stereocenters. The van der Waals surface area contributed by atoms with E-state index in [2.05, 4.69) is 4.90 Å². The van der Waals surface area contributed by atoms with Crippen LogP contribution in [0.3, 0.4) is 0 Å². The Balaban J connectivity index is 0.00000108. The van der Waals surface area contributed by atoms with Crippen LogP contribution in [0.4, 0.5) is 4.39 Å². The Labute approximate surface area is 205 Å². The van der Waals surface area contributed by atoms with E-state index in [1.807, 2.05) is 61.5 Å². The van der Waals surface area contributed by atoms with Gasteiger partial charge in [0.2, 0.25) is 0 Å². The zero-order valence-electron chi connectivity index (χ0n) is 20.5. The molecule has 1 heterocycles. The number of benzene rings is 3. The number of hydrogen-bond donors (Lipinski definition) is 2. The van der Waals surface area contributed by atoms with Crippen LogP contribution in [0.2, 0.25) is 0 Å². The van der Waals surface area contributed by atoms with Crippen LogP contribution in [0.1, 0.15) is 28.8 Å². The minimum atomic E-state index is -0.250. The van der Waals surface area contributed by atoms with E-state index >= 15 is 0 Å². The third-order valence-electron chi connectivity index (χ3n) is 6.69. The van der Waals surface area contributed by atoms with E-state index in [0.29, 0.717) is 24.2 Å². The molecule has 7 heteroatoms. The number of carbonyl (C=O) groups excluding carboxylic acids is 1. The summed E-state index contributed by atoms with van der Waals surface area (Å²) in [6, 6.07) is 17.0. The van der Waals surface area contributed by atoms with Gasteiger partial charge < -0.3 is 20.0 Å². The van der Waals surface area contributed by atoms with Gasteiger partial charge in [-0.25, -0.2) is 4.39 Å². The first-order valence-electron chi connectivity index (χ1n) is 11.7. The van der Waals surface area contributed by atoms with Crippen LogP contribution in [0.15, 0.2) is 54.6 Å². The fraction of sp³-hybridized carbons (Fsp3) is 0.357. The molecule has 6 nitrogen and oxygen atoms in total. The predicted octanol–water partition coefficient (Wildman–Crippen LogP) is 4.43. The van der Waals surface area contributed by atoms with Crippen molar-refractivity contribution in [1.82, 2.24) is 9.80 Å². The molecular weight excluding hydrogens is 447 g/mol. The number of likely N-dealkylation sites (tertiary alicyclic amines) is 1. The molecule has 2 N–H and O–H groups in total. The Morgan fingerprint density at radius 1 is 1.11 bits per heavy atom. The predicted molar refractivity (Wildman–Crippen MR) is 136 cm³/mol. The first-order valence-corrected chi connectivity index (χ1v) is 11.7. The minimum Gasteiger partial charge on any atom is -0.483 e. The van der Waals surface area contributed by atoms with Gasteiger partial charge in [-0.05, 0) is 85.6 Å². The number of aliphatic hydroxyl groups excluding tert-OH is 1. The van der Waals surface area contributed by atoms with Crippen LogP contribution in [-0.2, 0) is 4.79 Å². The van der Waals surface area contributed by atoms with Crippen LogP contribution in [0.5, 0.6) is 0 Å². The maximum atomic E-state index is 13.7. The zero-order chi connectivity index (χ0) is 25.6. The third-order valence-corrected chi connectivity index (χ3v) is 6.69. The van der Waals surface area contributed by atoms with E-state index in [0.717, 1.165) is 41.3 Å². The van der Waals surface area contributed by atoms with Crippen molar-refractivity contribution in [1.29, 1.82) is 0 Å². The molecule has 4 rings (SSSR count). The first kappa shape index (κ1) is 26.3. The number of fused-ring (bicyclic) bond motifs is 1. The van der Waals surface area contributed by atoms with Gasteiger partial charge in [-0.15, -0.1) is 0 Å². The summed E-state index contributed by atoms with van der Waals surface area (Å²) in [5.74, 6) is -0.175. The van der Waals surface area contributed by atoms with Gasteiger partial charge in [-0.3, -0.25) is 9.59 Å². The molecule has 0 radical (unpaired) electrons. The molecule has 0 bridgehead atoms. The highest BCUT2D eigenvalue weighted by molar-refractivity contribution is 6.02. The maximum absolute atomic E-state index is 13.7. The lowest BCUT2D eigenvalue weighted by Gasteiger charge is -2.42. The molecule has 0 aliphatic carbocycles. The molecule has 1 aliphatic heterocycles. The Morgan fingerprint density at radius 2 is 1.80 bits per heavy atom. The highest BCUT2D eigenvalue weighted by Gasteiger charge is 2.36. The average molecular weight is 481 g/mol. The van der Waals surface area contributed by atoms with Crippen LogP contribution in [0, 0.1) is 18.2 Å². The second-order valence-electron chi connectivity index (χ2n) is 9.50. The number of nitrogens with zero attached hydrogens (tertiary/aromatic N) is 2. The summed E-state index contributed by atoms with van der Waals surface area (Å²) < 4.78 is 13.7. The number of hydrogen-bond acceptors (Lipinski definition) is 4. The lowest BCUT2D eigenvalue weighted by atomic mass is 9.78. The summed E-state index contributed by atoms with van der Waals surface area (Å²) >= 11 is 0. The fourth-order valence-electron chi connectivity index (χ4n) is 4.88. The summed E-state index contributed by atoms with van der Waals surface area (Å²) in [6.45, 7) is 3.80. The molecule has 0 unspecified atom stereocenters. The van der Waals surface area contributed by atoms with Gasteiger partial charge >= 0.3 is 0 Å². The van der Waals surface area contributed by atoms with Crippen LogP contribution < -0.4 is 0 Å². The molecule has 0 saturated carbocycles. The fourth-order valence-corrected chi connectivity index (χ4v) is 4.88. The average Bonchev–Trinajstić information content (AvgIpc) is 2.85. The van der Waals surface area contributed by atoms with Crippen molar-refractivity contribution < 1.29 is 24.2 Å². The number of carbonyl (C=O) groups is 2. The summed E-state index contributed by atoms with van der Waals surface area (Å²) in [5, 5.41) is 18.9. The van der Waals surface area contributed by atoms with Gasteiger partial charge in [-0.2, -0.15) is 0 Å². The van der Waals surface area contributed by atoms with E-state index < -0.39 is 0 Å². The minimum absolute atomic E-state index is 0.0336. The normalized spacial score (nSPS) is 15.0. The first-order chi connectivity index (χ1) is 16.7. The van der Waals surface area contributed by atoms with Crippen LogP contribution >= 0.6 is 0 Å². The molecule has 35 heavy (non-hydrogen) atoms. The molecule has 0 spiro atoms. The second-order valence-corrected chi connectivity index (χ2v) is 9.50. The van der Waals surface area contributed by atoms with Gasteiger partial charge in [-0.1, -0.05) is 30.3 Å². The Bertz CT molecular complexity index is 1190. The van der Waals surface area contributed by atoms with E-state index in [-0.39, 0.29) is 30.2 Å². The van der Waals surface area contributed by atoms with Crippen LogP contribution in [-0.4, -0.2) is 72.7 Å². The number of rotatable bonds is 5. The summed E-state index contributed by atoms with van der Waals surface area (Å²) in [5.41, 5.74) is 3.15. The molecule has 1 saturated heterocycles. The van der Waals surface area contributed by atoms with Crippen molar-refractivity contribution in [2.75, 3.05) is 40.3 Å². The number of amides is 1. The summed E-state index contributed by atoms with van der Waals surface area (Å²) in [6.07, 6.45) is 1.60. The Hall–Kier alpha value is -3.29. The van der Waals surface area contributed by atoms with E-state index in [1.165, 1.54) is 6.07 Å². The monoisotopic (exact) mass is 480 g/mol. The van der Waals surface area contributed by atoms with Crippen molar-refractivity contribution in [3.63, 3.8) is 0 Å². The maximum Gasteiger partial charge on any atom is 0.290 e. The van der Waals surface area contributed by atoms with E-state index in [4.69, 9.17) is 9.90 Å². The Morgan fingerprint density at radius 3 is 2.40 bits per heavy atom. The van der Waals surface area contributed by atoms with Crippen molar-refractivity contribution in [3.8, 4) is 11.1 Å². The lowest BCUT2D eigenvalue weighted by Crippen LogP contribution is -2.48. The third kappa shape index (κ3) is 6.05. The second kappa shape index (κ2) is 11.4. The lowest BCUT2D eigenvalue weighted by molar-refractivity contribution is -0.122. The Kier molecular flexibility index (Phi) is 8.59. The molecule has 1 amide bonds. The topological polar surface area (TPSA) is 81.1 Å². The highest BCUT2D eigenvalue weighted by Crippen LogP contribution is 2.33. The van der Waals surface area contributed by atoms with Gasteiger partial charge in [0.1, 0.15) is 5.82 Å². The van der Waals surface area contributed by atoms with Gasteiger partial charge in [0.05, 0.1) is 6.61 Å². The summed E-state index contributed by atoms with van der Waals surface area (Å²) in [7, 11) is 4.04. The standard InChI is InChI=1S/C27H31FN2O2.CH2O2/c1-19-15-21(8-10-25(19)28)23-6-4-5-20-16-22(7-9-24(20)23)26(32)30-13-11-27(18-31,12-14-30)17-29(2)3;2-1-3/h4-10,15-16,31H,11-14,17-18H2,1-3H3;1H,(H,2,3). The summed E-state index contributed by atoms with van der Waals surface area (Å²) in [4.78, 5) is 25.6. The molecule has 3 aromatic rings. The van der Waals surface area contributed by atoms with Crippen molar-refractivity contribution in [2.24, 2.45) is 5.41 Å².